The molecule has 1 fully saturated rings. The van der Waals surface area contributed by atoms with Gasteiger partial charge in [0.15, 0.2) is 0 Å². The number of aromatic nitrogens is 3. The van der Waals surface area contributed by atoms with Crippen LogP contribution in [0.2, 0.25) is 5.02 Å². The van der Waals surface area contributed by atoms with Gasteiger partial charge < -0.3 is 15.3 Å². The molecule has 1 atom stereocenters. The fraction of sp³-hybridized carbons (Fsp3) is 0.412. The van der Waals surface area contributed by atoms with Gasteiger partial charge in [-0.1, -0.05) is 23.7 Å². The van der Waals surface area contributed by atoms with Gasteiger partial charge in [0.25, 0.3) is 5.91 Å². The van der Waals surface area contributed by atoms with Crippen molar-refractivity contribution < 1.29 is 14.7 Å². The number of likely N-dealkylation sites (tertiary alicyclic amines) is 1. The van der Waals surface area contributed by atoms with E-state index >= 15 is 0 Å². The lowest BCUT2D eigenvalue weighted by Crippen LogP contribution is -2.66. The van der Waals surface area contributed by atoms with Crippen molar-refractivity contribution >= 4 is 23.4 Å². The minimum absolute atomic E-state index is 0.0598. The zero-order valence-corrected chi connectivity index (χ0v) is 15.4. The fourth-order valence-electron chi connectivity index (χ4n) is 3.17. The van der Waals surface area contributed by atoms with Gasteiger partial charge in [-0.05, 0) is 31.0 Å². The van der Waals surface area contributed by atoms with Gasteiger partial charge >= 0.3 is 5.69 Å². The van der Waals surface area contributed by atoms with Gasteiger partial charge in [0.1, 0.15) is 11.9 Å². The molecule has 9 nitrogen and oxygen atoms in total. The predicted octanol–water partition coefficient (Wildman–Crippen LogP) is -0.180. The zero-order chi connectivity index (χ0) is 19.6. The number of amides is 2. The molecule has 144 valence electrons. The summed E-state index contributed by atoms with van der Waals surface area (Å²) in [5, 5.41) is 18.8. The van der Waals surface area contributed by atoms with Crippen molar-refractivity contribution in [3.05, 3.63) is 51.2 Å². The van der Waals surface area contributed by atoms with Crippen LogP contribution in [0.3, 0.4) is 0 Å². The summed E-state index contributed by atoms with van der Waals surface area (Å²) in [6, 6.07) is 7.16. The summed E-state index contributed by atoms with van der Waals surface area (Å²) >= 11 is 5.91. The van der Waals surface area contributed by atoms with E-state index in [0.717, 1.165) is 5.56 Å². The van der Waals surface area contributed by atoms with Crippen LogP contribution < -0.4 is 11.0 Å². The SMILES string of the molecule is C[C@H](O)C(=O)N1CC(Cc2ccc(Cl)cc2)(C(=O)NCc2n[nH]c(=O)[nH]2)C1. The minimum Gasteiger partial charge on any atom is -0.384 e. The van der Waals surface area contributed by atoms with Crippen LogP contribution in [0.1, 0.15) is 18.3 Å². The number of H-pyrrole nitrogens is 2. The van der Waals surface area contributed by atoms with Gasteiger partial charge in [-0.15, -0.1) is 0 Å². The Morgan fingerprint density at radius 1 is 1.37 bits per heavy atom. The van der Waals surface area contributed by atoms with Crippen molar-refractivity contribution in [1.29, 1.82) is 0 Å². The van der Waals surface area contributed by atoms with Crippen molar-refractivity contribution in [2.24, 2.45) is 5.41 Å². The summed E-state index contributed by atoms with van der Waals surface area (Å²) in [5.74, 6) is -0.353. The second-order valence-corrected chi connectivity index (χ2v) is 7.20. The zero-order valence-electron chi connectivity index (χ0n) is 14.7. The summed E-state index contributed by atoms with van der Waals surface area (Å²) in [6.45, 7) is 1.85. The topological polar surface area (TPSA) is 131 Å². The van der Waals surface area contributed by atoms with Crippen LogP contribution in [0.5, 0.6) is 0 Å². The van der Waals surface area contributed by atoms with E-state index in [2.05, 4.69) is 20.5 Å². The number of hydrogen-bond donors (Lipinski definition) is 4. The first kappa shape index (κ1) is 19.1. The Balaban J connectivity index is 1.73. The molecule has 1 aliphatic heterocycles. The van der Waals surface area contributed by atoms with Crippen LogP contribution in [-0.4, -0.2) is 56.2 Å². The average Bonchev–Trinajstić information content (AvgIpc) is 3.02. The van der Waals surface area contributed by atoms with Gasteiger partial charge in [-0.25, -0.2) is 9.89 Å². The minimum atomic E-state index is -1.12. The van der Waals surface area contributed by atoms with Crippen LogP contribution in [-0.2, 0) is 22.6 Å². The van der Waals surface area contributed by atoms with Crippen molar-refractivity contribution in [1.82, 2.24) is 25.4 Å². The van der Waals surface area contributed by atoms with E-state index in [1.807, 2.05) is 12.1 Å². The number of nitrogens with one attached hydrogen (secondary N) is 3. The highest BCUT2D eigenvalue weighted by Gasteiger charge is 2.51. The molecule has 4 N–H and O–H groups in total. The Kier molecular flexibility index (Phi) is 5.33. The molecule has 3 rings (SSSR count). The number of hydrogen-bond acceptors (Lipinski definition) is 5. The van der Waals surface area contributed by atoms with Gasteiger partial charge in [-0.3, -0.25) is 14.6 Å². The van der Waals surface area contributed by atoms with E-state index in [-0.39, 0.29) is 25.5 Å². The maximum atomic E-state index is 12.9. The summed E-state index contributed by atoms with van der Waals surface area (Å²) in [7, 11) is 0. The van der Waals surface area contributed by atoms with Crippen molar-refractivity contribution in [2.45, 2.75) is 26.0 Å². The van der Waals surface area contributed by atoms with E-state index in [4.69, 9.17) is 11.6 Å². The van der Waals surface area contributed by atoms with Crippen LogP contribution in [0.15, 0.2) is 29.1 Å². The predicted molar refractivity (Wildman–Crippen MR) is 96.9 cm³/mol. The lowest BCUT2D eigenvalue weighted by atomic mass is 9.73. The molecule has 2 heterocycles. The van der Waals surface area contributed by atoms with Crippen molar-refractivity contribution in [3.63, 3.8) is 0 Å². The lowest BCUT2D eigenvalue weighted by Gasteiger charge is -2.49. The molecule has 0 unspecified atom stereocenters. The third kappa shape index (κ3) is 4.20. The first-order valence-corrected chi connectivity index (χ1v) is 8.80. The molecule has 0 radical (unpaired) electrons. The number of rotatable bonds is 6. The molecule has 0 bridgehead atoms. The molecule has 1 aromatic heterocycles. The van der Waals surface area contributed by atoms with E-state index in [1.165, 1.54) is 11.8 Å². The summed E-state index contributed by atoms with van der Waals surface area (Å²) in [5.41, 5.74) is -0.367. The quantitative estimate of drug-likeness (QED) is 0.540. The van der Waals surface area contributed by atoms with Gasteiger partial charge in [0, 0.05) is 18.1 Å². The Morgan fingerprint density at radius 3 is 2.59 bits per heavy atom. The lowest BCUT2D eigenvalue weighted by molar-refractivity contribution is -0.159. The first-order chi connectivity index (χ1) is 12.8. The van der Waals surface area contributed by atoms with Gasteiger partial charge in [0.05, 0.1) is 12.0 Å². The summed E-state index contributed by atoms with van der Waals surface area (Å²) < 4.78 is 0. The second-order valence-electron chi connectivity index (χ2n) is 6.76. The molecule has 0 aliphatic carbocycles. The molecule has 2 amide bonds. The first-order valence-electron chi connectivity index (χ1n) is 8.42. The summed E-state index contributed by atoms with van der Waals surface area (Å²) in [4.78, 5) is 39.9. The van der Waals surface area contributed by atoms with Crippen LogP contribution >= 0.6 is 11.6 Å². The number of benzene rings is 1. The molecule has 1 aliphatic rings. The number of aliphatic hydroxyl groups excluding tert-OH is 1. The van der Waals surface area contributed by atoms with E-state index in [0.29, 0.717) is 17.3 Å². The highest BCUT2D eigenvalue weighted by Crippen LogP contribution is 2.35. The van der Waals surface area contributed by atoms with Crippen LogP contribution in [0.25, 0.3) is 0 Å². The molecule has 1 aromatic carbocycles. The number of nitrogens with zero attached hydrogens (tertiary/aromatic N) is 2. The highest BCUT2D eigenvalue weighted by atomic mass is 35.5. The van der Waals surface area contributed by atoms with Crippen LogP contribution in [0, 0.1) is 5.41 Å². The molecular weight excluding hydrogens is 374 g/mol. The van der Waals surface area contributed by atoms with Crippen molar-refractivity contribution in [2.75, 3.05) is 13.1 Å². The summed E-state index contributed by atoms with van der Waals surface area (Å²) in [6.07, 6.45) is -0.702. The molecule has 2 aromatic rings. The smallest absolute Gasteiger partial charge is 0.340 e. The van der Waals surface area contributed by atoms with E-state index in [1.54, 1.807) is 12.1 Å². The molecule has 10 heteroatoms. The Morgan fingerprint density at radius 2 is 2.04 bits per heavy atom. The monoisotopic (exact) mass is 393 g/mol. The van der Waals surface area contributed by atoms with Crippen molar-refractivity contribution in [3.8, 4) is 0 Å². The Bertz CT molecular complexity index is 883. The van der Waals surface area contributed by atoms with Crippen LogP contribution in [0.4, 0.5) is 0 Å². The highest BCUT2D eigenvalue weighted by molar-refractivity contribution is 6.30. The normalized spacial score (nSPS) is 16.5. The fourth-order valence-corrected chi connectivity index (χ4v) is 3.30. The Hall–Kier alpha value is -2.65. The number of carbonyl (C=O) groups excluding carboxylic acids is 2. The maximum absolute atomic E-state index is 12.9. The third-order valence-corrected chi connectivity index (χ3v) is 4.81. The number of carbonyl (C=O) groups is 2. The molecule has 0 saturated carbocycles. The Labute approximate surface area is 159 Å². The van der Waals surface area contributed by atoms with Gasteiger partial charge in [0.2, 0.25) is 5.91 Å². The third-order valence-electron chi connectivity index (χ3n) is 4.56. The number of aromatic amines is 2. The standard InChI is InChI=1S/C17H20ClN5O4/c1-10(24)14(25)23-8-17(9-23,6-11-2-4-12(18)5-3-11)15(26)19-7-13-20-16(27)22-21-13/h2-5,10,24H,6-9H2,1H3,(H,19,26)(H2,20,21,22,27)/t10-/m0/s1. The molecule has 0 spiro atoms. The molecular formula is C17H20ClN5O4. The largest absolute Gasteiger partial charge is 0.384 e. The maximum Gasteiger partial charge on any atom is 0.340 e. The van der Waals surface area contributed by atoms with E-state index < -0.39 is 23.1 Å². The number of aliphatic hydroxyl groups is 1. The van der Waals surface area contributed by atoms with E-state index in [9.17, 15) is 19.5 Å². The van der Waals surface area contributed by atoms with Gasteiger partial charge in [-0.2, -0.15) is 5.10 Å². The average molecular weight is 394 g/mol. The second kappa shape index (κ2) is 7.53. The number of halogens is 1. The molecule has 1 saturated heterocycles. The molecule has 27 heavy (non-hydrogen) atoms.